The van der Waals surface area contributed by atoms with Gasteiger partial charge < -0.3 is 14.8 Å². The number of hydrogen-bond acceptors (Lipinski definition) is 3. The molecule has 0 radical (unpaired) electrons. The normalized spacial score (nSPS) is 15.4. The maximum absolute atomic E-state index is 12.6. The molecule has 0 spiro atoms. The largest absolute Gasteiger partial charge is 0.324 e. The van der Waals surface area contributed by atoms with Crippen molar-refractivity contribution in [1.82, 2.24) is 19.4 Å². The number of pyridine rings is 1. The number of carbonyl (C=O) groups is 1. The standard InChI is InChI=1S/C20H23N5O/c1-14-5-6-16(12-15(14)2)23-20(26)24-10-7-17(8-11-24)25-13-22-18-4-3-9-21-19(18)25/h3-6,9,12-13,17H,7-8,10-11H2,1-2H3,(H,23,26). The molecule has 26 heavy (non-hydrogen) atoms. The minimum absolute atomic E-state index is 0.0275. The number of nitrogens with one attached hydrogen (secondary N) is 1. The number of aryl methyl sites for hydroxylation is 2. The number of piperidine rings is 1. The molecule has 0 bridgehead atoms. The number of amides is 2. The first-order valence-electron chi connectivity index (χ1n) is 9.02. The molecule has 3 aromatic rings. The first-order chi connectivity index (χ1) is 12.6. The quantitative estimate of drug-likeness (QED) is 0.763. The van der Waals surface area contributed by atoms with Gasteiger partial charge in [0.15, 0.2) is 5.65 Å². The number of carbonyl (C=O) groups excluding carboxylic acids is 1. The lowest BCUT2D eigenvalue weighted by Crippen LogP contribution is -2.41. The Bertz CT molecular complexity index is 940. The Morgan fingerprint density at radius 1 is 1.12 bits per heavy atom. The third kappa shape index (κ3) is 3.14. The van der Waals surface area contributed by atoms with E-state index in [1.807, 2.05) is 41.6 Å². The van der Waals surface area contributed by atoms with Gasteiger partial charge in [0.05, 0.1) is 6.33 Å². The zero-order valence-corrected chi connectivity index (χ0v) is 15.1. The second-order valence-electron chi connectivity index (χ2n) is 6.95. The van der Waals surface area contributed by atoms with Crippen molar-refractivity contribution in [2.45, 2.75) is 32.7 Å². The molecule has 134 valence electrons. The lowest BCUT2D eigenvalue weighted by molar-refractivity contribution is 0.184. The molecule has 1 fully saturated rings. The van der Waals surface area contributed by atoms with Crippen molar-refractivity contribution >= 4 is 22.9 Å². The van der Waals surface area contributed by atoms with E-state index < -0.39 is 0 Å². The van der Waals surface area contributed by atoms with Gasteiger partial charge in [-0.25, -0.2) is 14.8 Å². The third-order valence-electron chi connectivity index (χ3n) is 5.24. The minimum Gasteiger partial charge on any atom is -0.324 e. The van der Waals surface area contributed by atoms with E-state index in [0.717, 1.165) is 42.8 Å². The molecular weight excluding hydrogens is 326 g/mol. The molecule has 2 amide bonds. The summed E-state index contributed by atoms with van der Waals surface area (Å²) in [6.45, 7) is 5.59. The number of imidazole rings is 1. The topological polar surface area (TPSA) is 63.1 Å². The van der Waals surface area contributed by atoms with Crippen LogP contribution in [0.25, 0.3) is 11.2 Å². The molecule has 4 rings (SSSR count). The van der Waals surface area contributed by atoms with E-state index in [1.54, 1.807) is 6.20 Å². The Morgan fingerprint density at radius 3 is 2.69 bits per heavy atom. The van der Waals surface area contributed by atoms with Crippen LogP contribution in [0.1, 0.15) is 30.0 Å². The van der Waals surface area contributed by atoms with Gasteiger partial charge in [-0.15, -0.1) is 0 Å². The minimum atomic E-state index is -0.0275. The van der Waals surface area contributed by atoms with Crippen molar-refractivity contribution in [2.24, 2.45) is 0 Å². The SMILES string of the molecule is Cc1ccc(NC(=O)N2CCC(n3cnc4cccnc43)CC2)cc1C. The van der Waals surface area contributed by atoms with Crippen LogP contribution < -0.4 is 5.32 Å². The van der Waals surface area contributed by atoms with E-state index in [0.29, 0.717) is 6.04 Å². The van der Waals surface area contributed by atoms with Crippen molar-refractivity contribution in [2.75, 3.05) is 18.4 Å². The van der Waals surface area contributed by atoms with Crippen LogP contribution in [-0.4, -0.2) is 38.6 Å². The van der Waals surface area contributed by atoms with Crippen LogP contribution in [0, 0.1) is 13.8 Å². The summed E-state index contributed by atoms with van der Waals surface area (Å²) in [5.74, 6) is 0. The fourth-order valence-electron chi connectivity index (χ4n) is 3.50. The van der Waals surface area contributed by atoms with Crippen LogP contribution >= 0.6 is 0 Å². The van der Waals surface area contributed by atoms with Gasteiger partial charge in [-0.05, 0) is 62.1 Å². The van der Waals surface area contributed by atoms with Gasteiger partial charge in [-0.3, -0.25) is 0 Å². The highest BCUT2D eigenvalue weighted by atomic mass is 16.2. The number of urea groups is 1. The molecule has 1 N–H and O–H groups in total. The summed E-state index contributed by atoms with van der Waals surface area (Å²) < 4.78 is 2.15. The highest BCUT2D eigenvalue weighted by Gasteiger charge is 2.25. The fourth-order valence-corrected chi connectivity index (χ4v) is 3.50. The van der Waals surface area contributed by atoms with Crippen LogP contribution in [-0.2, 0) is 0 Å². The van der Waals surface area contributed by atoms with Crippen molar-refractivity contribution in [3.63, 3.8) is 0 Å². The molecule has 6 nitrogen and oxygen atoms in total. The lowest BCUT2D eigenvalue weighted by atomic mass is 10.1. The van der Waals surface area contributed by atoms with Gasteiger partial charge in [-0.1, -0.05) is 6.07 Å². The number of fused-ring (bicyclic) bond motifs is 1. The van der Waals surface area contributed by atoms with Gasteiger partial charge in [0.1, 0.15) is 5.52 Å². The van der Waals surface area contributed by atoms with Crippen molar-refractivity contribution in [1.29, 1.82) is 0 Å². The molecule has 1 saturated heterocycles. The Balaban J connectivity index is 1.40. The number of benzene rings is 1. The molecule has 0 atom stereocenters. The van der Waals surface area contributed by atoms with E-state index in [1.165, 1.54) is 11.1 Å². The lowest BCUT2D eigenvalue weighted by Gasteiger charge is -2.32. The molecular formula is C20H23N5O. The Labute approximate surface area is 152 Å². The molecule has 0 saturated carbocycles. The van der Waals surface area contributed by atoms with E-state index in [4.69, 9.17) is 0 Å². The summed E-state index contributed by atoms with van der Waals surface area (Å²) in [6, 6.07) is 10.2. The van der Waals surface area contributed by atoms with Crippen LogP contribution in [0.15, 0.2) is 42.9 Å². The van der Waals surface area contributed by atoms with Crippen molar-refractivity contribution in [3.05, 3.63) is 54.0 Å². The summed E-state index contributed by atoms with van der Waals surface area (Å²) in [4.78, 5) is 23.3. The number of likely N-dealkylation sites (tertiary alicyclic amines) is 1. The Kier molecular flexibility index (Phi) is 4.32. The number of aromatic nitrogens is 3. The van der Waals surface area contributed by atoms with Gasteiger partial charge in [-0.2, -0.15) is 0 Å². The smallest absolute Gasteiger partial charge is 0.321 e. The second kappa shape index (κ2) is 6.78. The van der Waals surface area contributed by atoms with E-state index in [-0.39, 0.29) is 6.03 Å². The average molecular weight is 349 g/mol. The van der Waals surface area contributed by atoms with Crippen molar-refractivity contribution in [3.8, 4) is 0 Å². The zero-order valence-electron chi connectivity index (χ0n) is 15.1. The molecule has 2 aromatic heterocycles. The number of nitrogens with zero attached hydrogens (tertiary/aromatic N) is 4. The maximum Gasteiger partial charge on any atom is 0.321 e. The number of anilines is 1. The fraction of sp³-hybridized carbons (Fsp3) is 0.350. The van der Waals surface area contributed by atoms with Gasteiger partial charge in [0.2, 0.25) is 0 Å². The molecule has 1 aliphatic rings. The summed E-state index contributed by atoms with van der Waals surface area (Å²) in [5, 5.41) is 3.01. The maximum atomic E-state index is 12.6. The highest BCUT2D eigenvalue weighted by Crippen LogP contribution is 2.26. The van der Waals surface area contributed by atoms with Crippen LogP contribution in [0.5, 0.6) is 0 Å². The number of rotatable bonds is 2. The summed E-state index contributed by atoms with van der Waals surface area (Å²) >= 11 is 0. The Morgan fingerprint density at radius 2 is 1.92 bits per heavy atom. The van der Waals surface area contributed by atoms with E-state index in [9.17, 15) is 4.79 Å². The second-order valence-corrected chi connectivity index (χ2v) is 6.95. The summed E-state index contributed by atoms with van der Waals surface area (Å²) in [7, 11) is 0. The monoisotopic (exact) mass is 349 g/mol. The van der Waals surface area contributed by atoms with Crippen LogP contribution in [0.4, 0.5) is 10.5 Å². The van der Waals surface area contributed by atoms with Crippen LogP contribution in [0.3, 0.4) is 0 Å². The predicted octanol–water partition coefficient (Wildman–Crippen LogP) is 3.92. The molecule has 0 aliphatic carbocycles. The average Bonchev–Trinajstić information content (AvgIpc) is 3.09. The van der Waals surface area contributed by atoms with Gasteiger partial charge in [0.25, 0.3) is 0 Å². The van der Waals surface area contributed by atoms with E-state index >= 15 is 0 Å². The Hall–Kier alpha value is -2.89. The van der Waals surface area contributed by atoms with Gasteiger partial charge in [0, 0.05) is 31.0 Å². The van der Waals surface area contributed by atoms with E-state index in [2.05, 4.69) is 33.7 Å². The molecule has 3 heterocycles. The zero-order chi connectivity index (χ0) is 18.1. The third-order valence-corrected chi connectivity index (χ3v) is 5.24. The summed E-state index contributed by atoms with van der Waals surface area (Å²) in [5.41, 5.74) is 5.10. The van der Waals surface area contributed by atoms with Gasteiger partial charge >= 0.3 is 6.03 Å². The van der Waals surface area contributed by atoms with Crippen LogP contribution in [0.2, 0.25) is 0 Å². The highest BCUT2D eigenvalue weighted by molar-refractivity contribution is 5.89. The molecule has 6 heteroatoms. The molecule has 1 aliphatic heterocycles. The van der Waals surface area contributed by atoms with Crippen molar-refractivity contribution < 1.29 is 4.79 Å². The molecule has 1 aromatic carbocycles. The first-order valence-corrected chi connectivity index (χ1v) is 9.02. The molecule has 0 unspecified atom stereocenters. The predicted molar refractivity (Wildman–Crippen MR) is 102 cm³/mol. The number of hydrogen-bond donors (Lipinski definition) is 1. The summed E-state index contributed by atoms with van der Waals surface area (Å²) in [6.07, 6.45) is 5.48. The first kappa shape index (κ1) is 16.6.